The summed E-state index contributed by atoms with van der Waals surface area (Å²) in [5.41, 5.74) is 2.31. The minimum atomic E-state index is -0.464. The Morgan fingerprint density at radius 2 is 1.61 bits per heavy atom. The van der Waals surface area contributed by atoms with Gasteiger partial charge in [0.2, 0.25) is 5.91 Å². The van der Waals surface area contributed by atoms with Crippen molar-refractivity contribution >= 4 is 35.0 Å². The number of nitrogens with one attached hydrogen (secondary N) is 1. The molecule has 2 heterocycles. The summed E-state index contributed by atoms with van der Waals surface area (Å²) < 4.78 is 32.5. The normalized spacial score (nSPS) is 13.4. The van der Waals surface area contributed by atoms with Crippen molar-refractivity contribution in [1.29, 1.82) is 0 Å². The van der Waals surface area contributed by atoms with Crippen LogP contribution in [0.25, 0.3) is 11.5 Å². The van der Waals surface area contributed by atoms with E-state index in [1.165, 1.54) is 30.3 Å². The Morgan fingerprint density at radius 3 is 2.32 bits per heavy atom. The number of nitrogens with zero attached hydrogens (tertiary/aromatic N) is 4. The lowest BCUT2D eigenvalue weighted by Crippen LogP contribution is -2.48. The molecule has 0 spiro atoms. The molecule has 5 rings (SSSR count). The van der Waals surface area contributed by atoms with Gasteiger partial charge in [0.15, 0.2) is 0 Å². The average Bonchev–Trinajstić information content (AvgIpc) is 3.42. The van der Waals surface area contributed by atoms with Gasteiger partial charge in [0.25, 0.3) is 17.0 Å². The maximum absolute atomic E-state index is 13.9. The second-order valence-corrected chi connectivity index (χ2v) is 9.45. The van der Waals surface area contributed by atoms with Crippen LogP contribution in [0.1, 0.15) is 10.4 Å². The van der Waals surface area contributed by atoms with E-state index in [1.54, 1.807) is 23.1 Å². The number of aromatic nitrogens is 2. The Hall–Kier alpha value is -4.25. The Kier molecular flexibility index (Phi) is 7.64. The first-order valence-corrected chi connectivity index (χ1v) is 12.9. The highest BCUT2D eigenvalue weighted by atomic mass is 32.2. The number of amides is 2. The van der Waals surface area contributed by atoms with E-state index in [2.05, 4.69) is 20.4 Å². The second-order valence-electron chi connectivity index (χ2n) is 8.52. The highest BCUT2D eigenvalue weighted by molar-refractivity contribution is 7.99. The van der Waals surface area contributed by atoms with E-state index in [4.69, 9.17) is 4.42 Å². The van der Waals surface area contributed by atoms with Crippen LogP contribution in [0.4, 0.5) is 20.2 Å². The molecular formula is C27H23F2N5O3S. The Bertz CT molecular complexity index is 1420. The smallest absolute Gasteiger partial charge is 0.277 e. The molecule has 0 aliphatic carbocycles. The third-order valence-electron chi connectivity index (χ3n) is 6.01. The molecule has 0 saturated carbocycles. The highest BCUT2D eigenvalue weighted by Gasteiger charge is 2.22. The highest BCUT2D eigenvalue weighted by Crippen LogP contribution is 2.25. The number of carbonyl (C=O) groups excluding carboxylic acids is 2. The first-order chi connectivity index (χ1) is 18.5. The van der Waals surface area contributed by atoms with Crippen molar-refractivity contribution in [3.63, 3.8) is 0 Å². The van der Waals surface area contributed by atoms with Gasteiger partial charge in [-0.1, -0.05) is 23.9 Å². The molecule has 4 aromatic rings. The van der Waals surface area contributed by atoms with Crippen molar-refractivity contribution in [1.82, 2.24) is 15.1 Å². The number of carbonyl (C=O) groups is 2. The molecule has 1 aromatic heterocycles. The van der Waals surface area contributed by atoms with Gasteiger partial charge >= 0.3 is 0 Å². The minimum absolute atomic E-state index is 0.0463. The van der Waals surface area contributed by atoms with E-state index in [-0.39, 0.29) is 40.1 Å². The maximum Gasteiger partial charge on any atom is 0.277 e. The number of benzene rings is 3. The van der Waals surface area contributed by atoms with Crippen molar-refractivity contribution < 1.29 is 22.8 Å². The van der Waals surface area contributed by atoms with Crippen LogP contribution in [-0.4, -0.2) is 58.8 Å². The van der Waals surface area contributed by atoms with E-state index in [9.17, 15) is 18.4 Å². The lowest BCUT2D eigenvalue weighted by Gasteiger charge is -2.36. The van der Waals surface area contributed by atoms with Gasteiger partial charge in [-0.05, 0) is 60.7 Å². The standard InChI is InChI=1S/C27H23F2N5O3S/c28-19-7-5-18(6-8-19)26(36)34-15-13-33(14-16-34)21-11-9-20(10-12-21)30-24(35)17-38-27-32-31-25(37-27)22-3-1-2-4-23(22)29/h1-12H,13-17H2,(H,30,35). The molecular weight excluding hydrogens is 512 g/mol. The van der Waals surface area contributed by atoms with E-state index >= 15 is 0 Å². The monoisotopic (exact) mass is 535 g/mol. The topological polar surface area (TPSA) is 91.6 Å². The first kappa shape index (κ1) is 25.4. The summed E-state index contributed by atoms with van der Waals surface area (Å²) in [5.74, 6) is -1.08. The lowest BCUT2D eigenvalue weighted by molar-refractivity contribution is -0.113. The molecule has 1 aliphatic rings. The number of halogens is 2. The fraction of sp³-hybridized carbons (Fsp3) is 0.185. The quantitative estimate of drug-likeness (QED) is 0.343. The number of anilines is 2. The van der Waals surface area contributed by atoms with Crippen molar-refractivity contribution in [2.75, 3.05) is 42.1 Å². The predicted octanol–water partition coefficient (Wildman–Crippen LogP) is 4.71. The molecule has 0 unspecified atom stereocenters. The summed E-state index contributed by atoms with van der Waals surface area (Å²) in [6.07, 6.45) is 0. The van der Waals surface area contributed by atoms with Gasteiger partial charge in [0, 0.05) is 43.1 Å². The molecule has 38 heavy (non-hydrogen) atoms. The number of hydrogen-bond acceptors (Lipinski definition) is 7. The SMILES string of the molecule is O=C(CSc1nnc(-c2ccccc2F)o1)Nc1ccc(N2CCN(C(=O)c3ccc(F)cc3)CC2)cc1. The zero-order valence-electron chi connectivity index (χ0n) is 20.1. The van der Waals surface area contributed by atoms with E-state index in [1.807, 2.05) is 24.3 Å². The molecule has 1 N–H and O–H groups in total. The zero-order valence-corrected chi connectivity index (χ0v) is 21.0. The molecule has 2 amide bonds. The van der Waals surface area contributed by atoms with Gasteiger partial charge in [-0.25, -0.2) is 8.78 Å². The number of piperazine rings is 1. The van der Waals surface area contributed by atoms with Crippen LogP contribution >= 0.6 is 11.8 Å². The third-order valence-corrected chi connectivity index (χ3v) is 6.83. The number of hydrogen-bond donors (Lipinski definition) is 1. The summed E-state index contributed by atoms with van der Waals surface area (Å²) in [6.45, 7) is 2.43. The van der Waals surface area contributed by atoms with Gasteiger partial charge in [-0.15, -0.1) is 10.2 Å². The second kappa shape index (κ2) is 11.4. The molecule has 3 aromatic carbocycles. The van der Waals surface area contributed by atoms with Crippen LogP contribution in [0.15, 0.2) is 82.4 Å². The zero-order chi connectivity index (χ0) is 26.5. The van der Waals surface area contributed by atoms with Gasteiger partial charge in [0.05, 0.1) is 11.3 Å². The molecule has 0 radical (unpaired) electrons. The van der Waals surface area contributed by atoms with Gasteiger partial charge < -0.3 is 19.5 Å². The van der Waals surface area contributed by atoms with Crippen LogP contribution in [-0.2, 0) is 4.79 Å². The molecule has 1 saturated heterocycles. The Balaban J connectivity index is 1.09. The number of rotatable bonds is 7. The number of thioether (sulfide) groups is 1. The predicted molar refractivity (Wildman–Crippen MR) is 140 cm³/mol. The fourth-order valence-corrected chi connectivity index (χ4v) is 4.60. The lowest BCUT2D eigenvalue weighted by atomic mass is 10.1. The first-order valence-electron chi connectivity index (χ1n) is 11.9. The molecule has 194 valence electrons. The summed E-state index contributed by atoms with van der Waals surface area (Å²) in [7, 11) is 0. The van der Waals surface area contributed by atoms with Crippen LogP contribution in [0, 0.1) is 11.6 Å². The third kappa shape index (κ3) is 6.00. The summed E-state index contributed by atoms with van der Waals surface area (Å²) in [6, 6.07) is 19.1. The van der Waals surface area contributed by atoms with Crippen LogP contribution < -0.4 is 10.2 Å². The Labute approximate surface area is 221 Å². The van der Waals surface area contributed by atoms with Crippen molar-refractivity contribution in [2.24, 2.45) is 0 Å². The van der Waals surface area contributed by atoms with Gasteiger partial charge in [-0.2, -0.15) is 0 Å². The largest absolute Gasteiger partial charge is 0.411 e. The van der Waals surface area contributed by atoms with E-state index in [0.29, 0.717) is 37.4 Å². The van der Waals surface area contributed by atoms with Gasteiger partial charge in [0.1, 0.15) is 11.6 Å². The van der Waals surface area contributed by atoms with E-state index in [0.717, 1.165) is 17.4 Å². The summed E-state index contributed by atoms with van der Waals surface area (Å²) in [5, 5.41) is 10.7. The molecule has 0 bridgehead atoms. The minimum Gasteiger partial charge on any atom is -0.411 e. The van der Waals surface area contributed by atoms with Crippen molar-refractivity contribution in [3.05, 3.63) is 90.0 Å². The van der Waals surface area contributed by atoms with Crippen LogP contribution in [0.3, 0.4) is 0 Å². The molecule has 1 fully saturated rings. The average molecular weight is 536 g/mol. The van der Waals surface area contributed by atoms with E-state index < -0.39 is 5.82 Å². The molecule has 11 heteroatoms. The summed E-state index contributed by atoms with van der Waals surface area (Å²) >= 11 is 1.06. The maximum atomic E-state index is 13.9. The van der Waals surface area contributed by atoms with Crippen molar-refractivity contribution in [2.45, 2.75) is 5.22 Å². The summed E-state index contributed by atoms with van der Waals surface area (Å²) in [4.78, 5) is 29.0. The Morgan fingerprint density at radius 1 is 0.895 bits per heavy atom. The van der Waals surface area contributed by atoms with Crippen LogP contribution in [0.5, 0.6) is 0 Å². The molecule has 1 aliphatic heterocycles. The fourth-order valence-electron chi connectivity index (χ4n) is 4.03. The van der Waals surface area contributed by atoms with Crippen LogP contribution in [0.2, 0.25) is 0 Å². The molecule has 8 nitrogen and oxygen atoms in total. The van der Waals surface area contributed by atoms with Crippen molar-refractivity contribution in [3.8, 4) is 11.5 Å². The van der Waals surface area contributed by atoms with Gasteiger partial charge in [-0.3, -0.25) is 9.59 Å². The molecule has 0 atom stereocenters.